The van der Waals surface area contributed by atoms with Crippen molar-refractivity contribution in [1.29, 1.82) is 0 Å². The summed E-state index contributed by atoms with van der Waals surface area (Å²) in [6, 6.07) is 28.0. The maximum absolute atomic E-state index is 14.4. The minimum atomic E-state index is -0.832. The highest BCUT2D eigenvalue weighted by Gasteiger charge is 2.35. The Labute approximate surface area is 303 Å². The fourth-order valence-electron chi connectivity index (χ4n) is 5.69. The van der Waals surface area contributed by atoms with Crippen molar-refractivity contribution < 1.29 is 28.5 Å². The second-order valence-electron chi connectivity index (χ2n) is 11.3. The van der Waals surface area contributed by atoms with Crippen LogP contribution in [0.4, 0.5) is 0 Å². The zero-order valence-electron chi connectivity index (χ0n) is 28.3. The lowest BCUT2D eigenvalue weighted by atomic mass is 9.93. The van der Waals surface area contributed by atoms with Crippen LogP contribution in [0.3, 0.4) is 0 Å². The predicted molar refractivity (Wildman–Crippen MR) is 197 cm³/mol. The predicted octanol–water partition coefficient (Wildman–Crippen LogP) is 6.74. The van der Waals surface area contributed by atoms with Gasteiger partial charge in [0.2, 0.25) is 0 Å². The van der Waals surface area contributed by atoms with Crippen molar-refractivity contribution in [2.24, 2.45) is 4.99 Å². The smallest absolute Gasteiger partial charge is 0.338 e. The van der Waals surface area contributed by atoms with Crippen LogP contribution in [0.2, 0.25) is 5.02 Å². The summed E-state index contributed by atoms with van der Waals surface area (Å²) >= 11 is 7.64. The first-order valence-electron chi connectivity index (χ1n) is 16.5. The number of ether oxygens (including phenoxy) is 4. The molecular formula is C40H35ClN2O7S. The highest BCUT2D eigenvalue weighted by atomic mass is 35.5. The molecule has 0 N–H and O–H groups in total. The van der Waals surface area contributed by atoms with Gasteiger partial charge in [0, 0.05) is 16.1 Å². The quantitative estimate of drug-likeness (QED) is 0.131. The molecule has 0 saturated heterocycles. The van der Waals surface area contributed by atoms with Gasteiger partial charge < -0.3 is 18.9 Å². The standard InChI is InChI=1S/C40H35ClN2O7S/c1-4-47-31-19-16-27(17-20-31)36-34(39(46)49-6-3)35(26-10-8-7-9-11-26)42-40-43(36)37(44)33(51-40)23-29-22-30(41)18-21-32(29)50-24-25-12-14-28(15-13-25)38(45)48-5-2/h7-23,36H,4-6,24H2,1-3H3/b33-23-/t36-/m1/s1. The summed E-state index contributed by atoms with van der Waals surface area (Å²) in [7, 11) is 0. The molecule has 9 nitrogen and oxygen atoms in total. The van der Waals surface area contributed by atoms with Crippen molar-refractivity contribution in [3.63, 3.8) is 0 Å². The van der Waals surface area contributed by atoms with Gasteiger partial charge in [-0.3, -0.25) is 9.36 Å². The number of halogens is 1. The Bertz CT molecular complexity index is 2260. The van der Waals surface area contributed by atoms with Gasteiger partial charge >= 0.3 is 11.9 Å². The molecule has 0 unspecified atom stereocenters. The van der Waals surface area contributed by atoms with Gasteiger partial charge in [-0.25, -0.2) is 14.6 Å². The summed E-state index contributed by atoms with van der Waals surface area (Å²) in [4.78, 5) is 45.6. The summed E-state index contributed by atoms with van der Waals surface area (Å²) in [6.45, 7) is 6.55. The molecule has 0 spiro atoms. The molecule has 11 heteroatoms. The van der Waals surface area contributed by atoms with E-state index in [1.54, 1.807) is 67.0 Å². The summed E-state index contributed by atoms with van der Waals surface area (Å²) < 4.78 is 24.4. The Morgan fingerprint density at radius 2 is 1.55 bits per heavy atom. The molecule has 6 rings (SSSR count). The number of carbonyl (C=O) groups is 2. The van der Waals surface area contributed by atoms with E-state index in [1.165, 1.54) is 11.3 Å². The fraction of sp³-hybridized carbons (Fsp3) is 0.200. The number of rotatable bonds is 12. The lowest BCUT2D eigenvalue weighted by molar-refractivity contribution is -0.138. The molecule has 4 aromatic carbocycles. The van der Waals surface area contributed by atoms with Crippen LogP contribution in [-0.2, 0) is 20.9 Å². The molecule has 0 bridgehead atoms. The Kier molecular flexibility index (Phi) is 11.1. The molecule has 1 aliphatic rings. The van der Waals surface area contributed by atoms with Gasteiger partial charge in [0.1, 0.15) is 18.1 Å². The van der Waals surface area contributed by atoms with E-state index in [0.29, 0.717) is 61.5 Å². The third-order valence-electron chi connectivity index (χ3n) is 8.00. The lowest BCUT2D eigenvalue weighted by Gasteiger charge is -2.26. The number of hydrogen-bond acceptors (Lipinski definition) is 9. The summed E-state index contributed by atoms with van der Waals surface area (Å²) in [5.41, 5.74) is 3.63. The normalized spacial score (nSPS) is 14.0. The van der Waals surface area contributed by atoms with Crippen LogP contribution in [-0.4, -0.2) is 36.3 Å². The molecule has 0 fully saturated rings. The monoisotopic (exact) mass is 722 g/mol. The summed E-state index contributed by atoms with van der Waals surface area (Å²) in [6.07, 6.45) is 1.72. The lowest BCUT2D eigenvalue weighted by Crippen LogP contribution is -2.40. The van der Waals surface area contributed by atoms with E-state index >= 15 is 0 Å². The number of benzene rings is 4. The van der Waals surface area contributed by atoms with E-state index in [-0.39, 0.29) is 30.3 Å². The first-order valence-corrected chi connectivity index (χ1v) is 17.7. The number of carbonyl (C=O) groups excluding carboxylic acids is 2. The Hall–Kier alpha value is -5.45. The Morgan fingerprint density at radius 3 is 2.24 bits per heavy atom. The fourth-order valence-corrected chi connectivity index (χ4v) is 6.86. The number of esters is 2. The molecule has 0 amide bonds. The van der Waals surface area contributed by atoms with Crippen LogP contribution in [0.1, 0.15) is 59.4 Å². The van der Waals surface area contributed by atoms with Crippen molar-refractivity contribution in [1.82, 2.24) is 4.57 Å². The summed E-state index contributed by atoms with van der Waals surface area (Å²) in [5, 5.41) is 0.461. The van der Waals surface area contributed by atoms with E-state index < -0.39 is 12.0 Å². The second kappa shape index (κ2) is 16.1. The van der Waals surface area contributed by atoms with Crippen LogP contribution in [0.25, 0.3) is 11.8 Å². The average Bonchev–Trinajstić information content (AvgIpc) is 3.45. The Morgan fingerprint density at radius 1 is 0.843 bits per heavy atom. The van der Waals surface area contributed by atoms with Crippen LogP contribution in [0.15, 0.2) is 112 Å². The average molecular weight is 723 g/mol. The molecule has 1 aromatic heterocycles. The maximum Gasteiger partial charge on any atom is 0.338 e. The van der Waals surface area contributed by atoms with Gasteiger partial charge in [-0.05, 0) is 80.4 Å². The molecule has 2 heterocycles. The van der Waals surface area contributed by atoms with Gasteiger partial charge in [0.25, 0.3) is 5.56 Å². The molecule has 1 atom stereocenters. The van der Waals surface area contributed by atoms with Gasteiger partial charge in [0.15, 0.2) is 4.80 Å². The van der Waals surface area contributed by atoms with Crippen LogP contribution < -0.4 is 24.4 Å². The van der Waals surface area contributed by atoms with E-state index in [0.717, 1.165) is 11.1 Å². The number of aromatic nitrogens is 1. The molecular weight excluding hydrogens is 688 g/mol. The second-order valence-corrected chi connectivity index (χ2v) is 12.8. The summed E-state index contributed by atoms with van der Waals surface area (Å²) in [5.74, 6) is 0.220. The Balaban J connectivity index is 1.45. The van der Waals surface area contributed by atoms with Gasteiger partial charge in [-0.1, -0.05) is 77.5 Å². The van der Waals surface area contributed by atoms with E-state index in [4.69, 9.17) is 35.5 Å². The van der Waals surface area contributed by atoms with Crippen LogP contribution in [0.5, 0.6) is 11.5 Å². The number of thiazole rings is 1. The SMILES string of the molecule is CCOC(=O)C1=C(c2ccccc2)N=c2s/c(=C\c3cc(Cl)ccc3OCc3ccc(C(=O)OCC)cc3)c(=O)n2[C@@H]1c1ccc(OCC)cc1. The molecule has 0 aliphatic carbocycles. The highest BCUT2D eigenvalue weighted by molar-refractivity contribution is 7.07. The maximum atomic E-state index is 14.4. The van der Waals surface area contributed by atoms with Crippen molar-refractivity contribution in [2.45, 2.75) is 33.4 Å². The highest BCUT2D eigenvalue weighted by Crippen LogP contribution is 2.36. The van der Waals surface area contributed by atoms with E-state index in [2.05, 4.69) is 0 Å². The van der Waals surface area contributed by atoms with Crippen molar-refractivity contribution in [3.8, 4) is 11.5 Å². The van der Waals surface area contributed by atoms with Gasteiger partial charge in [-0.2, -0.15) is 0 Å². The minimum Gasteiger partial charge on any atom is -0.494 e. The van der Waals surface area contributed by atoms with Crippen molar-refractivity contribution in [3.05, 3.63) is 155 Å². The third-order valence-corrected chi connectivity index (χ3v) is 9.22. The largest absolute Gasteiger partial charge is 0.494 e. The molecule has 51 heavy (non-hydrogen) atoms. The topological polar surface area (TPSA) is 105 Å². The van der Waals surface area contributed by atoms with Crippen LogP contribution >= 0.6 is 22.9 Å². The molecule has 0 radical (unpaired) electrons. The third kappa shape index (κ3) is 7.82. The first-order chi connectivity index (χ1) is 24.8. The van der Waals surface area contributed by atoms with Crippen molar-refractivity contribution >= 4 is 46.6 Å². The van der Waals surface area contributed by atoms with Crippen LogP contribution in [0, 0.1) is 0 Å². The number of hydrogen-bond donors (Lipinski definition) is 0. The number of nitrogens with zero attached hydrogens (tertiary/aromatic N) is 2. The zero-order valence-corrected chi connectivity index (χ0v) is 29.8. The van der Waals surface area contributed by atoms with E-state index in [9.17, 15) is 14.4 Å². The minimum absolute atomic E-state index is 0.151. The van der Waals surface area contributed by atoms with Gasteiger partial charge in [0.05, 0.1) is 47.2 Å². The molecule has 1 aliphatic heterocycles. The molecule has 260 valence electrons. The zero-order chi connectivity index (χ0) is 35.9. The molecule has 5 aromatic rings. The van der Waals surface area contributed by atoms with Gasteiger partial charge in [-0.15, -0.1) is 0 Å². The first kappa shape index (κ1) is 35.4. The number of fused-ring (bicyclic) bond motifs is 1. The van der Waals surface area contributed by atoms with Crippen molar-refractivity contribution in [2.75, 3.05) is 19.8 Å². The molecule has 0 saturated carbocycles. The van der Waals surface area contributed by atoms with E-state index in [1.807, 2.05) is 61.5 Å².